The standard InChI is InChI=1S/C10H6F3O2/c11-10(12,13)8-3-1-2-7(6-8)4-5-9(14)15/h2-6H,(H,14,15)/b5-4+. The Morgan fingerprint density at radius 3 is 2.60 bits per heavy atom. The van der Waals surface area contributed by atoms with Gasteiger partial charge in [0.25, 0.3) is 0 Å². The number of carbonyl (C=O) groups is 1. The smallest absolute Gasteiger partial charge is 0.416 e. The summed E-state index contributed by atoms with van der Waals surface area (Å²) in [5.74, 6) is -1.22. The van der Waals surface area contributed by atoms with Crippen LogP contribution in [0.15, 0.2) is 24.3 Å². The van der Waals surface area contributed by atoms with E-state index in [2.05, 4.69) is 6.07 Å². The van der Waals surface area contributed by atoms with Gasteiger partial charge in [-0.25, -0.2) is 4.79 Å². The SMILES string of the molecule is O=C(O)/C=C/c1c[c]cc(C(F)(F)F)c1. The van der Waals surface area contributed by atoms with Gasteiger partial charge < -0.3 is 5.11 Å². The zero-order valence-electron chi connectivity index (χ0n) is 7.38. The summed E-state index contributed by atoms with van der Waals surface area (Å²) in [5, 5.41) is 8.28. The third kappa shape index (κ3) is 3.46. The molecular formula is C10H6F3O2. The van der Waals surface area contributed by atoms with Crippen LogP contribution in [0.3, 0.4) is 0 Å². The summed E-state index contributed by atoms with van der Waals surface area (Å²) in [5.41, 5.74) is -0.706. The number of carboxylic acid groups (broad SMARTS) is 1. The number of aliphatic carboxylic acids is 1. The summed E-state index contributed by atoms with van der Waals surface area (Å²) in [6.07, 6.45) is -2.60. The van der Waals surface area contributed by atoms with Crippen LogP contribution < -0.4 is 0 Å². The number of alkyl halides is 3. The van der Waals surface area contributed by atoms with Crippen LogP contribution in [0.4, 0.5) is 13.2 Å². The van der Waals surface area contributed by atoms with E-state index in [0.717, 1.165) is 24.3 Å². The zero-order chi connectivity index (χ0) is 11.5. The fourth-order valence-electron chi connectivity index (χ4n) is 0.918. The Morgan fingerprint density at radius 1 is 1.40 bits per heavy atom. The van der Waals surface area contributed by atoms with E-state index in [9.17, 15) is 18.0 Å². The second kappa shape index (κ2) is 4.16. The Bertz CT molecular complexity index is 394. The van der Waals surface area contributed by atoms with E-state index in [1.165, 1.54) is 6.07 Å². The van der Waals surface area contributed by atoms with Crippen molar-refractivity contribution in [3.05, 3.63) is 41.5 Å². The van der Waals surface area contributed by atoms with Crippen LogP contribution in [0.2, 0.25) is 0 Å². The molecule has 0 aliphatic carbocycles. The summed E-state index contributed by atoms with van der Waals surface area (Å²) < 4.78 is 36.6. The molecule has 1 N–H and O–H groups in total. The Kier molecular flexibility index (Phi) is 3.14. The molecule has 5 heteroatoms. The highest BCUT2D eigenvalue weighted by Crippen LogP contribution is 2.29. The molecule has 1 radical (unpaired) electrons. The minimum absolute atomic E-state index is 0.146. The molecule has 0 saturated heterocycles. The maximum absolute atomic E-state index is 12.2. The van der Waals surface area contributed by atoms with E-state index >= 15 is 0 Å². The number of rotatable bonds is 2. The Hall–Kier alpha value is -1.78. The quantitative estimate of drug-likeness (QED) is 0.770. The largest absolute Gasteiger partial charge is 0.478 e. The lowest BCUT2D eigenvalue weighted by molar-refractivity contribution is -0.137. The van der Waals surface area contributed by atoms with E-state index < -0.39 is 17.7 Å². The van der Waals surface area contributed by atoms with E-state index in [-0.39, 0.29) is 5.56 Å². The fourth-order valence-corrected chi connectivity index (χ4v) is 0.918. The van der Waals surface area contributed by atoms with Crippen molar-refractivity contribution in [2.75, 3.05) is 0 Å². The predicted molar refractivity (Wildman–Crippen MR) is 46.9 cm³/mol. The van der Waals surface area contributed by atoms with Gasteiger partial charge in [-0.05, 0) is 35.9 Å². The Balaban J connectivity index is 2.98. The highest BCUT2D eigenvalue weighted by molar-refractivity contribution is 5.85. The van der Waals surface area contributed by atoms with Crippen LogP contribution in [0.1, 0.15) is 11.1 Å². The first-order valence-electron chi connectivity index (χ1n) is 3.89. The molecule has 0 aliphatic rings. The van der Waals surface area contributed by atoms with E-state index in [1.807, 2.05) is 0 Å². The molecule has 2 nitrogen and oxygen atoms in total. The average molecular weight is 215 g/mol. The first kappa shape index (κ1) is 11.3. The molecule has 0 bridgehead atoms. The zero-order valence-corrected chi connectivity index (χ0v) is 7.38. The first-order valence-corrected chi connectivity index (χ1v) is 3.89. The van der Waals surface area contributed by atoms with Crippen LogP contribution >= 0.6 is 0 Å². The van der Waals surface area contributed by atoms with Crippen molar-refractivity contribution in [1.82, 2.24) is 0 Å². The van der Waals surface area contributed by atoms with Gasteiger partial charge in [-0.3, -0.25) is 0 Å². The van der Waals surface area contributed by atoms with Crippen LogP contribution in [0.5, 0.6) is 0 Å². The topological polar surface area (TPSA) is 37.3 Å². The van der Waals surface area contributed by atoms with Crippen molar-refractivity contribution in [2.24, 2.45) is 0 Å². The third-order valence-corrected chi connectivity index (χ3v) is 1.56. The summed E-state index contributed by atoms with van der Waals surface area (Å²) in [7, 11) is 0. The minimum Gasteiger partial charge on any atom is -0.478 e. The van der Waals surface area contributed by atoms with Crippen LogP contribution in [-0.4, -0.2) is 11.1 Å². The summed E-state index contributed by atoms with van der Waals surface area (Å²) in [6.45, 7) is 0. The monoisotopic (exact) mass is 215 g/mol. The van der Waals surface area contributed by atoms with Crippen LogP contribution in [-0.2, 0) is 11.0 Å². The predicted octanol–water partition coefficient (Wildman–Crippen LogP) is 2.60. The van der Waals surface area contributed by atoms with Gasteiger partial charge in [0.2, 0.25) is 0 Å². The molecule has 0 fully saturated rings. The summed E-state index contributed by atoms with van der Waals surface area (Å²) in [6, 6.07) is 5.23. The van der Waals surface area contributed by atoms with Crippen LogP contribution in [0.25, 0.3) is 6.08 Å². The molecule has 0 spiro atoms. The number of hydrogen-bond donors (Lipinski definition) is 1. The summed E-state index contributed by atoms with van der Waals surface area (Å²) >= 11 is 0. The van der Waals surface area contributed by atoms with Crippen molar-refractivity contribution in [2.45, 2.75) is 6.18 Å². The van der Waals surface area contributed by atoms with Gasteiger partial charge in [0, 0.05) is 6.08 Å². The molecule has 0 heterocycles. The van der Waals surface area contributed by atoms with Crippen molar-refractivity contribution in [1.29, 1.82) is 0 Å². The molecule has 79 valence electrons. The third-order valence-electron chi connectivity index (χ3n) is 1.56. The van der Waals surface area contributed by atoms with Gasteiger partial charge in [-0.2, -0.15) is 13.2 Å². The number of halogens is 3. The first-order chi connectivity index (χ1) is 6.89. The summed E-state index contributed by atoms with van der Waals surface area (Å²) in [4.78, 5) is 10.1. The molecule has 0 saturated carbocycles. The van der Waals surface area contributed by atoms with Gasteiger partial charge in [0.15, 0.2) is 0 Å². The maximum atomic E-state index is 12.2. The lowest BCUT2D eigenvalue weighted by Gasteiger charge is -2.06. The molecular weight excluding hydrogens is 209 g/mol. The number of benzene rings is 1. The minimum atomic E-state index is -4.44. The Labute approximate surface area is 83.7 Å². The van der Waals surface area contributed by atoms with Gasteiger partial charge in [0.05, 0.1) is 5.56 Å². The molecule has 0 aromatic heterocycles. The van der Waals surface area contributed by atoms with Crippen molar-refractivity contribution < 1.29 is 23.1 Å². The van der Waals surface area contributed by atoms with Crippen molar-refractivity contribution >= 4 is 12.0 Å². The second-order valence-corrected chi connectivity index (χ2v) is 2.72. The van der Waals surface area contributed by atoms with Crippen LogP contribution in [0, 0.1) is 6.07 Å². The van der Waals surface area contributed by atoms with E-state index in [4.69, 9.17) is 5.11 Å². The van der Waals surface area contributed by atoms with Crippen molar-refractivity contribution in [3.63, 3.8) is 0 Å². The van der Waals surface area contributed by atoms with E-state index in [1.54, 1.807) is 0 Å². The lowest BCUT2D eigenvalue weighted by atomic mass is 10.1. The molecule has 15 heavy (non-hydrogen) atoms. The molecule has 0 atom stereocenters. The van der Waals surface area contributed by atoms with Gasteiger partial charge in [0.1, 0.15) is 0 Å². The fraction of sp³-hybridized carbons (Fsp3) is 0.100. The molecule has 0 amide bonds. The van der Waals surface area contributed by atoms with Crippen molar-refractivity contribution in [3.8, 4) is 0 Å². The van der Waals surface area contributed by atoms with E-state index in [0.29, 0.717) is 0 Å². The normalized spacial score (nSPS) is 11.9. The maximum Gasteiger partial charge on any atom is 0.416 e. The molecule has 1 rings (SSSR count). The average Bonchev–Trinajstić information content (AvgIpc) is 2.14. The highest BCUT2D eigenvalue weighted by atomic mass is 19.4. The van der Waals surface area contributed by atoms with Gasteiger partial charge in [-0.1, -0.05) is 0 Å². The Morgan fingerprint density at radius 2 is 2.07 bits per heavy atom. The molecule has 1 aromatic carbocycles. The van der Waals surface area contributed by atoms with Gasteiger partial charge >= 0.3 is 12.1 Å². The highest BCUT2D eigenvalue weighted by Gasteiger charge is 2.30. The molecule has 0 aliphatic heterocycles. The molecule has 0 unspecified atom stereocenters. The lowest BCUT2D eigenvalue weighted by Crippen LogP contribution is -2.04. The number of carboxylic acids is 1. The molecule has 1 aromatic rings. The number of hydrogen-bond acceptors (Lipinski definition) is 1. The second-order valence-electron chi connectivity index (χ2n) is 2.72. The van der Waals surface area contributed by atoms with Gasteiger partial charge in [-0.15, -0.1) is 0 Å².